The van der Waals surface area contributed by atoms with Gasteiger partial charge < -0.3 is 4.74 Å². The van der Waals surface area contributed by atoms with Crippen LogP contribution in [0.25, 0.3) is 0 Å². The van der Waals surface area contributed by atoms with E-state index in [0.717, 1.165) is 0 Å². The van der Waals surface area contributed by atoms with Crippen LogP contribution in [0.3, 0.4) is 0 Å². The number of hydrogen-bond donors (Lipinski definition) is 0. The van der Waals surface area contributed by atoms with Gasteiger partial charge in [-0.25, -0.2) is 4.39 Å². The Bertz CT molecular complexity index is 589. The summed E-state index contributed by atoms with van der Waals surface area (Å²) in [6.45, 7) is 0. The van der Waals surface area contributed by atoms with Gasteiger partial charge in [0.15, 0.2) is 6.17 Å². The molecule has 0 aromatic heterocycles. The Balaban J connectivity index is 2.35. The third kappa shape index (κ3) is 2.49. The molecule has 2 aromatic carbocycles. The summed E-state index contributed by atoms with van der Waals surface area (Å²) in [5.74, 6) is 0.617. The largest absolute Gasteiger partial charge is 0.497 e. The van der Waals surface area contributed by atoms with Crippen molar-refractivity contribution in [3.8, 4) is 11.8 Å². The molecular formula is C15H12FNO. The predicted octanol–water partition coefficient (Wildman–Crippen LogP) is 3.63. The number of rotatable bonds is 3. The molecule has 0 aliphatic carbocycles. The fraction of sp³-hybridized carbons (Fsp3) is 0.133. The van der Waals surface area contributed by atoms with E-state index in [1.165, 1.54) is 0 Å². The van der Waals surface area contributed by atoms with E-state index in [2.05, 4.69) is 0 Å². The topological polar surface area (TPSA) is 33.0 Å². The summed E-state index contributed by atoms with van der Waals surface area (Å²) in [7, 11) is 1.54. The van der Waals surface area contributed by atoms with Gasteiger partial charge in [-0.05, 0) is 35.4 Å². The van der Waals surface area contributed by atoms with Gasteiger partial charge in [-0.2, -0.15) is 5.26 Å². The molecule has 3 heteroatoms. The van der Waals surface area contributed by atoms with Gasteiger partial charge in [0.25, 0.3) is 0 Å². The molecule has 0 aliphatic heterocycles. The molecule has 0 heterocycles. The molecule has 0 saturated carbocycles. The first-order valence-corrected chi connectivity index (χ1v) is 5.52. The second-order valence-electron chi connectivity index (χ2n) is 3.88. The predicted molar refractivity (Wildman–Crippen MR) is 67.1 cm³/mol. The molecule has 0 radical (unpaired) electrons. The van der Waals surface area contributed by atoms with Gasteiger partial charge in [0.2, 0.25) is 0 Å². The van der Waals surface area contributed by atoms with E-state index in [9.17, 15) is 4.39 Å². The maximum atomic E-state index is 14.3. The van der Waals surface area contributed by atoms with Crippen LogP contribution in [-0.4, -0.2) is 7.11 Å². The fourth-order valence-corrected chi connectivity index (χ4v) is 1.76. The Hall–Kier alpha value is -2.34. The molecule has 0 fully saturated rings. The van der Waals surface area contributed by atoms with E-state index in [1.54, 1.807) is 55.6 Å². The zero-order chi connectivity index (χ0) is 13.0. The highest BCUT2D eigenvalue weighted by atomic mass is 19.1. The molecule has 0 unspecified atom stereocenters. The normalized spacial score (nSPS) is 11.6. The standard InChI is InChI=1S/C15H12FNO/c1-18-14-7-3-6-13(9-14)15(16)12-5-2-4-11(8-12)10-17/h2-9,15H,1H3/t15-/m1/s1. The van der Waals surface area contributed by atoms with Gasteiger partial charge in [-0.15, -0.1) is 0 Å². The molecule has 0 amide bonds. The monoisotopic (exact) mass is 241 g/mol. The Morgan fingerprint density at radius 2 is 1.78 bits per heavy atom. The smallest absolute Gasteiger partial charge is 0.150 e. The molecule has 0 aliphatic rings. The molecular weight excluding hydrogens is 229 g/mol. The summed E-state index contributed by atoms with van der Waals surface area (Å²) < 4.78 is 19.4. The van der Waals surface area contributed by atoms with Gasteiger partial charge in [0.1, 0.15) is 5.75 Å². The van der Waals surface area contributed by atoms with Crippen molar-refractivity contribution in [3.05, 3.63) is 65.2 Å². The SMILES string of the molecule is COc1cccc([C@H](F)c2cccc(C#N)c2)c1. The Labute approximate surface area is 105 Å². The van der Waals surface area contributed by atoms with Crippen LogP contribution in [0.2, 0.25) is 0 Å². The third-order valence-corrected chi connectivity index (χ3v) is 2.69. The lowest BCUT2D eigenvalue weighted by atomic mass is 10.0. The number of benzene rings is 2. The molecule has 0 N–H and O–H groups in total. The van der Waals surface area contributed by atoms with Gasteiger partial charge in [0.05, 0.1) is 18.7 Å². The minimum absolute atomic E-state index is 0.457. The van der Waals surface area contributed by atoms with Crippen LogP contribution in [0.1, 0.15) is 22.9 Å². The lowest BCUT2D eigenvalue weighted by molar-refractivity contribution is 0.392. The Morgan fingerprint density at radius 1 is 1.11 bits per heavy atom. The average Bonchev–Trinajstić information content (AvgIpc) is 2.46. The maximum absolute atomic E-state index is 14.3. The van der Waals surface area contributed by atoms with Gasteiger partial charge in [-0.3, -0.25) is 0 Å². The summed E-state index contributed by atoms with van der Waals surface area (Å²) in [6.07, 6.45) is -1.26. The van der Waals surface area contributed by atoms with Crippen LogP contribution in [0.5, 0.6) is 5.75 Å². The average molecular weight is 241 g/mol. The lowest BCUT2D eigenvalue weighted by Crippen LogP contribution is -1.95. The molecule has 0 saturated heterocycles. The van der Waals surface area contributed by atoms with Crippen LogP contribution in [0, 0.1) is 11.3 Å². The van der Waals surface area contributed by atoms with Crippen LogP contribution in [-0.2, 0) is 0 Å². The quantitative estimate of drug-likeness (QED) is 0.822. The molecule has 1 atom stereocenters. The van der Waals surface area contributed by atoms with E-state index in [0.29, 0.717) is 22.4 Å². The van der Waals surface area contributed by atoms with E-state index in [4.69, 9.17) is 10.00 Å². The number of methoxy groups -OCH3 is 1. The van der Waals surface area contributed by atoms with E-state index in [-0.39, 0.29) is 0 Å². The van der Waals surface area contributed by atoms with Crippen molar-refractivity contribution in [1.29, 1.82) is 5.26 Å². The van der Waals surface area contributed by atoms with Crippen LogP contribution in [0.15, 0.2) is 48.5 Å². The minimum atomic E-state index is -1.26. The number of ether oxygens (including phenoxy) is 1. The highest BCUT2D eigenvalue weighted by molar-refractivity contribution is 5.39. The molecule has 0 spiro atoms. The first-order chi connectivity index (χ1) is 8.74. The number of halogens is 1. The number of nitrogens with zero attached hydrogens (tertiary/aromatic N) is 1. The lowest BCUT2D eigenvalue weighted by Gasteiger charge is -2.10. The van der Waals surface area contributed by atoms with Gasteiger partial charge in [-0.1, -0.05) is 24.3 Å². The summed E-state index contributed by atoms with van der Waals surface area (Å²) >= 11 is 0. The number of alkyl halides is 1. The van der Waals surface area contributed by atoms with Crippen molar-refractivity contribution in [2.45, 2.75) is 6.17 Å². The Morgan fingerprint density at radius 3 is 2.44 bits per heavy atom. The fourth-order valence-electron chi connectivity index (χ4n) is 1.76. The van der Waals surface area contributed by atoms with E-state index < -0.39 is 6.17 Å². The molecule has 2 rings (SSSR count). The second kappa shape index (κ2) is 5.33. The van der Waals surface area contributed by atoms with Crippen LogP contribution in [0.4, 0.5) is 4.39 Å². The van der Waals surface area contributed by atoms with Gasteiger partial charge >= 0.3 is 0 Å². The second-order valence-corrected chi connectivity index (χ2v) is 3.88. The van der Waals surface area contributed by atoms with Crippen molar-refractivity contribution >= 4 is 0 Å². The van der Waals surface area contributed by atoms with Crippen LogP contribution < -0.4 is 4.74 Å². The zero-order valence-electron chi connectivity index (χ0n) is 9.93. The van der Waals surface area contributed by atoms with Crippen molar-refractivity contribution in [1.82, 2.24) is 0 Å². The molecule has 2 aromatic rings. The first kappa shape index (κ1) is 12.1. The molecule has 2 nitrogen and oxygen atoms in total. The van der Waals surface area contributed by atoms with Crippen molar-refractivity contribution in [2.75, 3.05) is 7.11 Å². The number of nitriles is 1. The van der Waals surface area contributed by atoms with Crippen molar-refractivity contribution in [2.24, 2.45) is 0 Å². The summed E-state index contributed by atoms with van der Waals surface area (Å²) in [4.78, 5) is 0. The summed E-state index contributed by atoms with van der Waals surface area (Å²) in [6, 6.07) is 15.4. The summed E-state index contributed by atoms with van der Waals surface area (Å²) in [5, 5.41) is 8.80. The van der Waals surface area contributed by atoms with Crippen molar-refractivity contribution in [3.63, 3.8) is 0 Å². The maximum Gasteiger partial charge on any atom is 0.150 e. The first-order valence-electron chi connectivity index (χ1n) is 5.52. The number of hydrogen-bond acceptors (Lipinski definition) is 2. The highest BCUT2D eigenvalue weighted by Crippen LogP contribution is 2.28. The highest BCUT2D eigenvalue weighted by Gasteiger charge is 2.13. The molecule has 18 heavy (non-hydrogen) atoms. The van der Waals surface area contributed by atoms with E-state index in [1.807, 2.05) is 6.07 Å². The minimum Gasteiger partial charge on any atom is -0.497 e. The zero-order valence-corrected chi connectivity index (χ0v) is 9.93. The van der Waals surface area contributed by atoms with E-state index >= 15 is 0 Å². The summed E-state index contributed by atoms with van der Waals surface area (Å²) in [5.41, 5.74) is 1.45. The third-order valence-electron chi connectivity index (χ3n) is 2.69. The van der Waals surface area contributed by atoms with Gasteiger partial charge in [0, 0.05) is 0 Å². The molecule has 90 valence electrons. The van der Waals surface area contributed by atoms with Crippen LogP contribution >= 0.6 is 0 Å². The van der Waals surface area contributed by atoms with Crippen molar-refractivity contribution < 1.29 is 9.13 Å². The Kier molecular flexibility index (Phi) is 3.59. The molecule has 0 bridgehead atoms.